The fourth-order valence-electron chi connectivity index (χ4n) is 4.35. The summed E-state index contributed by atoms with van der Waals surface area (Å²) < 4.78 is 15.9. The van der Waals surface area contributed by atoms with Crippen LogP contribution in [0.1, 0.15) is 36.7 Å². The van der Waals surface area contributed by atoms with E-state index < -0.39 is 52.9 Å². The van der Waals surface area contributed by atoms with Crippen LogP contribution in [0.2, 0.25) is 0 Å². The zero-order valence-electron chi connectivity index (χ0n) is 22.7. The molecule has 2 heterocycles. The number of aliphatic hydroxyl groups is 1. The number of thioether (sulfide) groups is 1. The maximum atomic E-state index is 13.0. The van der Waals surface area contributed by atoms with Gasteiger partial charge in [0.25, 0.3) is 0 Å². The highest BCUT2D eigenvalue weighted by molar-refractivity contribution is 8.00. The number of amides is 2. The first-order chi connectivity index (χ1) is 19.0. The first kappa shape index (κ1) is 29.2. The number of carbonyl (C=O) groups is 4. The lowest BCUT2D eigenvalue weighted by Crippen LogP contribution is -2.77. The van der Waals surface area contributed by atoms with Gasteiger partial charge in [0.15, 0.2) is 6.04 Å². The number of carbonyl (C=O) groups excluding carboxylic acids is 4. The summed E-state index contributed by atoms with van der Waals surface area (Å²) in [6.07, 6.45) is -1.10. The third kappa shape index (κ3) is 6.68. The Morgan fingerprint density at radius 3 is 2.48 bits per heavy atom. The second-order valence-electron chi connectivity index (χ2n) is 10.4. The Morgan fingerprint density at radius 2 is 1.80 bits per heavy atom. The SMILES string of the molecule is COc1ccc(COC(=O)C2C(O)CS[C@@H]3[C@H](NC(=O)CNc4ccccc4C(=O)OC(C)(C)C)C(=O)N23)cc1. The number of esters is 2. The molecule has 12 heteroatoms. The second-order valence-corrected chi connectivity index (χ2v) is 11.5. The van der Waals surface area contributed by atoms with Crippen molar-refractivity contribution in [2.45, 2.75) is 56.5 Å². The van der Waals surface area contributed by atoms with Crippen molar-refractivity contribution in [1.82, 2.24) is 10.2 Å². The van der Waals surface area contributed by atoms with E-state index >= 15 is 0 Å². The van der Waals surface area contributed by atoms with Gasteiger partial charge >= 0.3 is 11.9 Å². The third-order valence-corrected chi connectivity index (χ3v) is 7.64. The highest BCUT2D eigenvalue weighted by Gasteiger charge is 2.58. The van der Waals surface area contributed by atoms with Gasteiger partial charge in [0.05, 0.1) is 25.3 Å². The Kier molecular flexibility index (Phi) is 8.89. The first-order valence-corrected chi connectivity index (χ1v) is 13.8. The minimum atomic E-state index is -1.16. The van der Waals surface area contributed by atoms with Crippen molar-refractivity contribution in [3.8, 4) is 5.75 Å². The maximum absolute atomic E-state index is 13.0. The molecular weight excluding hydrogens is 538 g/mol. The number of rotatable bonds is 9. The molecule has 2 saturated heterocycles. The van der Waals surface area contributed by atoms with Crippen LogP contribution in [0.5, 0.6) is 5.75 Å². The van der Waals surface area contributed by atoms with Crippen LogP contribution in [0.4, 0.5) is 5.69 Å². The van der Waals surface area contributed by atoms with E-state index in [0.29, 0.717) is 11.4 Å². The standard InChI is InChI=1S/C28H33N3O8S/c1-28(2,3)39-26(35)18-7-5-6-8-19(18)29-13-21(33)30-22-24(34)31-23(20(32)15-40-25(22)31)27(36)38-14-16-9-11-17(37-4)12-10-16/h5-12,20,22-23,25,29,32H,13-15H2,1-4H3,(H,30,33)/t20?,22-,23?,25-/m1/s1. The Labute approximate surface area is 236 Å². The molecule has 3 N–H and O–H groups in total. The van der Waals surface area contributed by atoms with Crippen LogP contribution in [0.15, 0.2) is 48.5 Å². The highest BCUT2D eigenvalue weighted by atomic mass is 32.2. The summed E-state index contributed by atoms with van der Waals surface area (Å²) in [4.78, 5) is 52.4. The predicted molar refractivity (Wildman–Crippen MR) is 148 cm³/mol. The van der Waals surface area contributed by atoms with Gasteiger partial charge in [-0.25, -0.2) is 9.59 Å². The van der Waals surface area contributed by atoms with Crippen molar-refractivity contribution >= 4 is 41.2 Å². The molecule has 11 nitrogen and oxygen atoms in total. The first-order valence-electron chi connectivity index (χ1n) is 12.8. The van der Waals surface area contributed by atoms with Crippen LogP contribution < -0.4 is 15.4 Å². The summed E-state index contributed by atoms with van der Waals surface area (Å²) >= 11 is 1.28. The van der Waals surface area contributed by atoms with Gasteiger partial charge in [-0.15, -0.1) is 11.8 Å². The molecule has 2 aromatic rings. The van der Waals surface area contributed by atoms with Crippen molar-refractivity contribution in [1.29, 1.82) is 0 Å². The average molecular weight is 572 g/mol. The maximum Gasteiger partial charge on any atom is 0.340 e. The Balaban J connectivity index is 1.32. The van der Waals surface area contributed by atoms with Gasteiger partial charge in [-0.3, -0.25) is 9.59 Å². The van der Waals surface area contributed by atoms with Crippen molar-refractivity contribution in [3.63, 3.8) is 0 Å². The number of aliphatic hydroxyl groups excluding tert-OH is 1. The third-order valence-electron chi connectivity index (χ3n) is 6.27. The van der Waals surface area contributed by atoms with Crippen LogP contribution in [-0.4, -0.2) is 82.3 Å². The van der Waals surface area contributed by atoms with E-state index in [9.17, 15) is 24.3 Å². The van der Waals surface area contributed by atoms with Crippen molar-refractivity contribution in [3.05, 3.63) is 59.7 Å². The van der Waals surface area contributed by atoms with E-state index in [1.54, 1.807) is 76.4 Å². The smallest absolute Gasteiger partial charge is 0.340 e. The molecule has 0 saturated carbocycles. The minimum Gasteiger partial charge on any atom is -0.497 e. The summed E-state index contributed by atoms with van der Waals surface area (Å²) in [6.45, 7) is 5.07. The summed E-state index contributed by atoms with van der Waals surface area (Å²) in [6, 6.07) is 11.6. The zero-order valence-corrected chi connectivity index (χ0v) is 23.5. The van der Waals surface area contributed by atoms with Gasteiger partial charge < -0.3 is 34.9 Å². The summed E-state index contributed by atoms with van der Waals surface area (Å²) in [5, 5.41) is 15.6. The number of anilines is 1. The van der Waals surface area contributed by atoms with Gasteiger partial charge in [-0.05, 0) is 50.6 Å². The van der Waals surface area contributed by atoms with E-state index in [0.717, 1.165) is 5.56 Å². The molecule has 2 amide bonds. The Bertz CT molecular complexity index is 1260. The summed E-state index contributed by atoms with van der Waals surface area (Å²) in [5.41, 5.74) is 0.752. The number of ether oxygens (including phenoxy) is 3. The van der Waals surface area contributed by atoms with Crippen LogP contribution in [0.25, 0.3) is 0 Å². The van der Waals surface area contributed by atoms with Gasteiger partial charge in [0, 0.05) is 11.4 Å². The molecule has 2 fully saturated rings. The Hall–Kier alpha value is -3.77. The summed E-state index contributed by atoms with van der Waals surface area (Å²) in [7, 11) is 1.55. The van der Waals surface area contributed by atoms with Gasteiger partial charge in [-0.1, -0.05) is 24.3 Å². The minimum absolute atomic E-state index is 0.0253. The van der Waals surface area contributed by atoms with Crippen LogP contribution in [-0.2, 0) is 30.5 Å². The predicted octanol–water partition coefficient (Wildman–Crippen LogP) is 1.94. The van der Waals surface area contributed by atoms with Crippen molar-refractivity contribution in [2.24, 2.45) is 0 Å². The largest absolute Gasteiger partial charge is 0.497 e. The number of hydrogen-bond acceptors (Lipinski definition) is 10. The fraction of sp³-hybridized carbons (Fsp3) is 0.429. The molecule has 2 aliphatic rings. The molecule has 40 heavy (non-hydrogen) atoms. The number of methoxy groups -OCH3 is 1. The van der Waals surface area contributed by atoms with Gasteiger partial charge in [-0.2, -0.15) is 0 Å². The van der Waals surface area contributed by atoms with Crippen LogP contribution >= 0.6 is 11.8 Å². The van der Waals surface area contributed by atoms with Crippen LogP contribution in [0.3, 0.4) is 0 Å². The lowest BCUT2D eigenvalue weighted by molar-refractivity contribution is -0.171. The molecule has 0 spiro atoms. The van der Waals surface area contributed by atoms with Crippen molar-refractivity contribution in [2.75, 3.05) is 24.7 Å². The van der Waals surface area contributed by atoms with Gasteiger partial charge in [0.1, 0.15) is 29.4 Å². The number of benzene rings is 2. The van der Waals surface area contributed by atoms with E-state index in [-0.39, 0.29) is 24.5 Å². The average Bonchev–Trinajstić information content (AvgIpc) is 2.92. The van der Waals surface area contributed by atoms with E-state index in [1.165, 1.54) is 16.7 Å². The number of β-lactam (4-membered cyclic amide) rings is 1. The summed E-state index contributed by atoms with van der Waals surface area (Å²) in [5.74, 6) is -1.33. The quantitative estimate of drug-likeness (QED) is 0.302. The molecule has 2 unspecified atom stereocenters. The zero-order chi connectivity index (χ0) is 29.0. The second kappa shape index (κ2) is 12.2. The molecule has 2 aliphatic heterocycles. The molecular formula is C28H33N3O8S. The molecule has 0 aromatic heterocycles. The molecule has 0 radical (unpaired) electrons. The van der Waals surface area contributed by atoms with E-state index in [2.05, 4.69) is 10.6 Å². The number of nitrogens with one attached hydrogen (secondary N) is 2. The molecule has 2 aromatic carbocycles. The number of hydrogen-bond donors (Lipinski definition) is 3. The van der Waals surface area contributed by atoms with Crippen LogP contribution in [0, 0.1) is 0 Å². The monoisotopic (exact) mass is 571 g/mol. The molecule has 4 rings (SSSR count). The lowest BCUT2D eigenvalue weighted by Gasteiger charge is -2.53. The number of fused-ring (bicyclic) bond motifs is 1. The topological polar surface area (TPSA) is 144 Å². The van der Waals surface area contributed by atoms with E-state index in [4.69, 9.17) is 14.2 Å². The number of nitrogens with zero attached hydrogens (tertiary/aromatic N) is 1. The molecule has 0 bridgehead atoms. The van der Waals surface area contributed by atoms with E-state index in [1.807, 2.05) is 0 Å². The highest BCUT2D eigenvalue weighted by Crippen LogP contribution is 2.38. The lowest BCUT2D eigenvalue weighted by atomic mass is 9.99. The molecule has 0 aliphatic carbocycles. The normalized spacial score (nSPS) is 21.9. The molecule has 4 atom stereocenters. The fourth-order valence-corrected chi connectivity index (χ4v) is 5.69. The number of para-hydroxylation sites is 1. The molecule has 214 valence electrons. The van der Waals surface area contributed by atoms with Gasteiger partial charge in [0.2, 0.25) is 11.8 Å². The van der Waals surface area contributed by atoms with Crippen molar-refractivity contribution < 1.29 is 38.5 Å². The Morgan fingerprint density at radius 1 is 1.10 bits per heavy atom.